The van der Waals surface area contributed by atoms with E-state index >= 15 is 0 Å². The molecule has 0 spiro atoms. The minimum Gasteiger partial charge on any atom is -0.343 e. The van der Waals surface area contributed by atoms with Crippen LogP contribution in [-0.2, 0) is 24.2 Å². The van der Waals surface area contributed by atoms with Gasteiger partial charge in [-0.15, -0.1) is 11.3 Å². The zero-order valence-electron chi connectivity index (χ0n) is 15.9. The van der Waals surface area contributed by atoms with Crippen LogP contribution < -0.4 is 0 Å². The number of hydrogen-bond donors (Lipinski definition) is 0. The van der Waals surface area contributed by atoms with Gasteiger partial charge < -0.3 is 4.90 Å². The number of hydrogen-bond acceptors (Lipinski definition) is 3. The third-order valence-electron chi connectivity index (χ3n) is 6.02. The van der Waals surface area contributed by atoms with E-state index in [1.807, 2.05) is 22.3 Å². The van der Waals surface area contributed by atoms with E-state index in [0.717, 1.165) is 44.6 Å². The van der Waals surface area contributed by atoms with Crippen LogP contribution in [-0.4, -0.2) is 41.4 Å². The van der Waals surface area contributed by atoms with Gasteiger partial charge in [0.15, 0.2) is 0 Å². The molecular formula is C22H27FN2OS. The SMILES string of the molecule is Cc1cc(CCC(=O)N2CCC(N3CCc4sccc4C3)CC2)ccc1F. The van der Waals surface area contributed by atoms with Gasteiger partial charge in [-0.05, 0) is 66.8 Å². The number of fused-ring (bicyclic) bond motifs is 1. The summed E-state index contributed by atoms with van der Waals surface area (Å²) in [6.07, 6.45) is 4.51. The van der Waals surface area contributed by atoms with Crippen LogP contribution in [0.1, 0.15) is 40.8 Å². The molecule has 5 heteroatoms. The maximum atomic E-state index is 13.4. The Morgan fingerprint density at radius 1 is 1.22 bits per heavy atom. The molecule has 3 nitrogen and oxygen atoms in total. The molecule has 144 valence electrons. The number of piperidine rings is 1. The molecule has 3 heterocycles. The van der Waals surface area contributed by atoms with Gasteiger partial charge in [0.2, 0.25) is 5.91 Å². The van der Waals surface area contributed by atoms with Gasteiger partial charge >= 0.3 is 0 Å². The molecule has 1 amide bonds. The van der Waals surface area contributed by atoms with E-state index in [4.69, 9.17) is 0 Å². The fourth-order valence-electron chi connectivity index (χ4n) is 4.33. The summed E-state index contributed by atoms with van der Waals surface area (Å²) in [6.45, 7) is 5.71. The van der Waals surface area contributed by atoms with Crippen molar-refractivity contribution in [3.63, 3.8) is 0 Å². The summed E-state index contributed by atoms with van der Waals surface area (Å²) in [5.41, 5.74) is 3.19. The molecule has 2 aliphatic heterocycles. The van der Waals surface area contributed by atoms with Gasteiger partial charge in [-0.1, -0.05) is 12.1 Å². The van der Waals surface area contributed by atoms with Gasteiger partial charge in [-0.3, -0.25) is 9.69 Å². The molecular weight excluding hydrogens is 359 g/mol. The maximum Gasteiger partial charge on any atom is 0.222 e. The molecule has 4 rings (SSSR count). The van der Waals surface area contributed by atoms with Crippen molar-refractivity contribution in [1.82, 2.24) is 9.80 Å². The Labute approximate surface area is 164 Å². The van der Waals surface area contributed by atoms with Crippen molar-refractivity contribution in [1.29, 1.82) is 0 Å². The standard InChI is InChI=1S/C22H27FN2OS/c1-16-14-17(2-4-20(16)23)3-5-22(26)24-10-6-19(7-11-24)25-12-8-21-18(15-25)9-13-27-21/h2,4,9,13-14,19H,3,5-8,10-12,15H2,1H3. The number of carbonyl (C=O) groups is 1. The minimum absolute atomic E-state index is 0.181. The summed E-state index contributed by atoms with van der Waals surface area (Å²) in [4.78, 5) is 18.8. The predicted octanol–water partition coefficient (Wildman–Crippen LogP) is 4.18. The van der Waals surface area contributed by atoms with Gasteiger partial charge in [-0.25, -0.2) is 4.39 Å². The average Bonchev–Trinajstić information content (AvgIpc) is 3.16. The van der Waals surface area contributed by atoms with Crippen molar-refractivity contribution in [3.8, 4) is 0 Å². The van der Waals surface area contributed by atoms with Crippen LogP contribution >= 0.6 is 11.3 Å². The molecule has 0 unspecified atom stereocenters. The predicted molar refractivity (Wildman–Crippen MR) is 107 cm³/mol. The lowest BCUT2D eigenvalue weighted by molar-refractivity contribution is -0.132. The Bertz CT molecular complexity index is 810. The Kier molecular flexibility index (Phi) is 5.60. The molecule has 1 fully saturated rings. The van der Waals surface area contributed by atoms with Crippen molar-refractivity contribution in [2.75, 3.05) is 19.6 Å². The minimum atomic E-state index is -0.181. The van der Waals surface area contributed by atoms with Gasteiger partial charge in [0.05, 0.1) is 0 Å². The summed E-state index contributed by atoms with van der Waals surface area (Å²) in [5, 5.41) is 2.21. The first kappa shape index (κ1) is 18.6. The molecule has 0 N–H and O–H groups in total. The van der Waals surface area contributed by atoms with Crippen LogP contribution in [0.2, 0.25) is 0 Å². The number of thiophene rings is 1. The Morgan fingerprint density at radius 3 is 2.81 bits per heavy atom. The summed E-state index contributed by atoms with van der Waals surface area (Å²) in [6, 6.07) is 8.00. The zero-order chi connectivity index (χ0) is 18.8. The van der Waals surface area contributed by atoms with E-state index in [2.05, 4.69) is 16.3 Å². The van der Waals surface area contributed by atoms with Crippen LogP contribution in [0.4, 0.5) is 4.39 Å². The molecule has 2 aliphatic rings. The zero-order valence-corrected chi connectivity index (χ0v) is 16.7. The van der Waals surface area contributed by atoms with Crippen molar-refractivity contribution in [2.24, 2.45) is 0 Å². The molecule has 2 aromatic rings. The van der Waals surface area contributed by atoms with Crippen LogP contribution in [0.15, 0.2) is 29.6 Å². The van der Waals surface area contributed by atoms with Gasteiger partial charge in [0.25, 0.3) is 0 Å². The lowest BCUT2D eigenvalue weighted by Gasteiger charge is -2.40. The summed E-state index contributed by atoms with van der Waals surface area (Å²) >= 11 is 1.88. The first-order valence-corrected chi connectivity index (χ1v) is 10.8. The Hall–Kier alpha value is -1.72. The summed E-state index contributed by atoms with van der Waals surface area (Å²) in [7, 11) is 0. The fraction of sp³-hybridized carbons (Fsp3) is 0.500. The topological polar surface area (TPSA) is 23.6 Å². The molecule has 0 aliphatic carbocycles. The lowest BCUT2D eigenvalue weighted by atomic mass is 9.99. The van der Waals surface area contributed by atoms with E-state index in [9.17, 15) is 9.18 Å². The number of aryl methyl sites for hydroxylation is 2. The van der Waals surface area contributed by atoms with E-state index in [-0.39, 0.29) is 11.7 Å². The number of nitrogens with zero attached hydrogens (tertiary/aromatic N) is 2. The van der Waals surface area contributed by atoms with E-state index in [1.54, 1.807) is 17.9 Å². The molecule has 0 saturated carbocycles. The molecule has 0 atom stereocenters. The summed E-state index contributed by atoms with van der Waals surface area (Å²) in [5.74, 6) is 0.0497. The van der Waals surface area contributed by atoms with Crippen LogP contribution in [0.5, 0.6) is 0 Å². The average molecular weight is 387 g/mol. The van der Waals surface area contributed by atoms with Crippen LogP contribution in [0, 0.1) is 12.7 Å². The lowest BCUT2D eigenvalue weighted by Crippen LogP contribution is -2.47. The number of amides is 1. The number of rotatable bonds is 4. The molecule has 27 heavy (non-hydrogen) atoms. The normalized spacial score (nSPS) is 18.5. The highest BCUT2D eigenvalue weighted by atomic mass is 32.1. The number of likely N-dealkylation sites (tertiary alicyclic amines) is 1. The second-order valence-electron chi connectivity index (χ2n) is 7.78. The van der Waals surface area contributed by atoms with E-state index in [0.29, 0.717) is 24.4 Å². The second kappa shape index (κ2) is 8.11. The monoisotopic (exact) mass is 386 g/mol. The first-order valence-electron chi connectivity index (χ1n) is 9.92. The van der Waals surface area contributed by atoms with Crippen molar-refractivity contribution >= 4 is 17.2 Å². The Morgan fingerprint density at radius 2 is 2.04 bits per heavy atom. The number of carbonyl (C=O) groups excluding carboxylic acids is 1. The number of benzene rings is 1. The van der Waals surface area contributed by atoms with Gasteiger partial charge in [-0.2, -0.15) is 0 Å². The smallest absolute Gasteiger partial charge is 0.222 e. The first-order chi connectivity index (χ1) is 13.1. The Balaban J connectivity index is 1.25. The molecule has 1 aromatic heterocycles. The third kappa shape index (κ3) is 4.25. The quantitative estimate of drug-likeness (QED) is 0.787. The van der Waals surface area contributed by atoms with Crippen molar-refractivity contribution < 1.29 is 9.18 Å². The van der Waals surface area contributed by atoms with Crippen molar-refractivity contribution in [2.45, 2.75) is 51.6 Å². The van der Waals surface area contributed by atoms with Gasteiger partial charge in [0.1, 0.15) is 5.82 Å². The highest BCUT2D eigenvalue weighted by molar-refractivity contribution is 7.10. The van der Waals surface area contributed by atoms with Crippen LogP contribution in [0.25, 0.3) is 0 Å². The van der Waals surface area contributed by atoms with Gasteiger partial charge in [0, 0.05) is 43.5 Å². The maximum absolute atomic E-state index is 13.4. The molecule has 0 radical (unpaired) electrons. The highest BCUT2D eigenvalue weighted by Crippen LogP contribution is 2.28. The molecule has 1 saturated heterocycles. The van der Waals surface area contributed by atoms with E-state index in [1.165, 1.54) is 18.1 Å². The number of halogens is 1. The molecule has 1 aromatic carbocycles. The van der Waals surface area contributed by atoms with Crippen LogP contribution in [0.3, 0.4) is 0 Å². The molecule has 0 bridgehead atoms. The summed E-state index contributed by atoms with van der Waals surface area (Å²) < 4.78 is 13.4. The fourth-order valence-corrected chi connectivity index (χ4v) is 5.22. The highest BCUT2D eigenvalue weighted by Gasteiger charge is 2.29. The van der Waals surface area contributed by atoms with Crippen molar-refractivity contribution in [3.05, 3.63) is 57.0 Å². The van der Waals surface area contributed by atoms with E-state index < -0.39 is 0 Å². The second-order valence-corrected chi connectivity index (χ2v) is 8.79. The largest absolute Gasteiger partial charge is 0.343 e. The third-order valence-corrected chi connectivity index (χ3v) is 7.04.